The zero-order valence-electron chi connectivity index (χ0n) is 18.3. The van der Waals surface area contributed by atoms with Crippen molar-refractivity contribution >= 4 is 21.6 Å². The molecule has 1 aliphatic rings. The molecular weight excluding hydrogens is 417 g/mol. The first-order chi connectivity index (χ1) is 14.6. The molecular formula is C23H30FN3O3S. The number of nitrogens with one attached hydrogen (secondary N) is 1. The van der Waals surface area contributed by atoms with Gasteiger partial charge in [0.15, 0.2) is 0 Å². The van der Waals surface area contributed by atoms with Gasteiger partial charge < -0.3 is 9.80 Å². The van der Waals surface area contributed by atoms with E-state index in [1.807, 2.05) is 12.1 Å². The molecule has 2 aromatic carbocycles. The Balaban J connectivity index is 1.47. The normalized spacial score (nSPS) is 15.2. The van der Waals surface area contributed by atoms with Gasteiger partial charge in [0.2, 0.25) is 15.9 Å². The van der Waals surface area contributed by atoms with Gasteiger partial charge in [0.05, 0.1) is 4.90 Å². The summed E-state index contributed by atoms with van der Waals surface area (Å²) in [7, 11) is -3.66. The molecule has 0 spiro atoms. The predicted octanol–water partition coefficient (Wildman–Crippen LogP) is 3.14. The van der Waals surface area contributed by atoms with Crippen molar-refractivity contribution in [2.75, 3.05) is 37.6 Å². The van der Waals surface area contributed by atoms with E-state index in [-0.39, 0.29) is 35.0 Å². The minimum Gasteiger partial charge on any atom is -0.368 e. The summed E-state index contributed by atoms with van der Waals surface area (Å²) in [4.78, 5) is 16.5. The minimum atomic E-state index is -3.66. The lowest BCUT2D eigenvalue weighted by Gasteiger charge is -2.36. The van der Waals surface area contributed by atoms with E-state index in [0.29, 0.717) is 26.2 Å². The Labute approximate surface area is 184 Å². The molecule has 1 aliphatic heterocycles. The third-order valence-electron chi connectivity index (χ3n) is 5.49. The van der Waals surface area contributed by atoms with Crippen LogP contribution in [-0.2, 0) is 20.2 Å². The number of anilines is 1. The van der Waals surface area contributed by atoms with Crippen LogP contribution >= 0.6 is 0 Å². The van der Waals surface area contributed by atoms with Gasteiger partial charge in [0.1, 0.15) is 5.82 Å². The van der Waals surface area contributed by atoms with Gasteiger partial charge >= 0.3 is 0 Å². The van der Waals surface area contributed by atoms with Crippen LogP contribution in [0.1, 0.15) is 32.8 Å². The number of hydrogen-bond donors (Lipinski definition) is 1. The summed E-state index contributed by atoms with van der Waals surface area (Å²) in [6.07, 6.45) is 0.107. The van der Waals surface area contributed by atoms with Crippen LogP contribution in [0.5, 0.6) is 0 Å². The second-order valence-corrected chi connectivity index (χ2v) is 10.5. The van der Waals surface area contributed by atoms with Crippen LogP contribution in [-0.4, -0.2) is 51.9 Å². The molecule has 0 aliphatic carbocycles. The highest BCUT2D eigenvalue weighted by Gasteiger charge is 2.22. The number of rotatable bonds is 6. The van der Waals surface area contributed by atoms with Crippen molar-refractivity contribution < 1.29 is 17.6 Å². The van der Waals surface area contributed by atoms with Crippen molar-refractivity contribution in [1.29, 1.82) is 0 Å². The van der Waals surface area contributed by atoms with E-state index in [0.717, 1.165) is 11.3 Å². The third kappa shape index (κ3) is 6.04. The quantitative estimate of drug-likeness (QED) is 0.739. The molecule has 0 aromatic heterocycles. The van der Waals surface area contributed by atoms with Gasteiger partial charge in [-0.15, -0.1) is 0 Å². The summed E-state index contributed by atoms with van der Waals surface area (Å²) < 4.78 is 40.6. The van der Waals surface area contributed by atoms with Gasteiger partial charge in [0.25, 0.3) is 0 Å². The van der Waals surface area contributed by atoms with E-state index in [2.05, 4.69) is 30.4 Å². The third-order valence-corrected chi connectivity index (χ3v) is 6.96. The highest BCUT2D eigenvalue weighted by molar-refractivity contribution is 7.89. The highest BCUT2D eigenvalue weighted by atomic mass is 32.2. The fourth-order valence-corrected chi connectivity index (χ4v) is 4.57. The Kier molecular flexibility index (Phi) is 7.01. The van der Waals surface area contributed by atoms with Crippen molar-refractivity contribution in [3.8, 4) is 0 Å². The van der Waals surface area contributed by atoms with Crippen LogP contribution in [0.3, 0.4) is 0 Å². The summed E-state index contributed by atoms with van der Waals surface area (Å²) in [6, 6.07) is 13.1. The number of nitrogens with zero attached hydrogens (tertiary/aromatic N) is 2. The van der Waals surface area contributed by atoms with Crippen molar-refractivity contribution in [3.63, 3.8) is 0 Å². The van der Waals surface area contributed by atoms with E-state index in [1.165, 1.54) is 12.1 Å². The maximum atomic E-state index is 13.1. The molecule has 0 saturated carbocycles. The Morgan fingerprint density at radius 2 is 1.55 bits per heavy atom. The Morgan fingerprint density at radius 3 is 2.10 bits per heavy atom. The molecule has 8 heteroatoms. The maximum Gasteiger partial charge on any atom is 0.240 e. The summed E-state index contributed by atoms with van der Waals surface area (Å²) in [5, 5.41) is 0. The molecule has 168 valence electrons. The molecule has 1 saturated heterocycles. The second kappa shape index (κ2) is 9.36. The number of piperazine rings is 1. The summed E-state index contributed by atoms with van der Waals surface area (Å²) >= 11 is 0. The number of benzene rings is 2. The van der Waals surface area contributed by atoms with E-state index in [4.69, 9.17) is 0 Å². The molecule has 1 fully saturated rings. The smallest absolute Gasteiger partial charge is 0.240 e. The first-order valence-corrected chi connectivity index (χ1v) is 11.9. The van der Waals surface area contributed by atoms with Crippen molar-refractivity contribution in [1.82, 2.24) is 9.62 Å². The van der Waals surface area contributed by atoms with E-state index in [1.54, 1.807) is 29.2 Å². The molecule has 1 heterocycles. The standard InChI is InChI=1S/C23H30FN3O3S/c1-23(2,3)18-4-10-21(11-5-18)31(29,30)25-13-12-22(28)27-16-14-26(15-17-27)20-8-6-19(24)7-9-20/h4-11,25H,12-17H2,1-3H3. The number of halogens is 1. The van der Waals surface area contributed by atoms with Gasteiger partial charge in [-0.3, -0.25) is 4.79 Å². The first kappa shape index (κ1) is 23.2. The molecule has 31 heavy (non-hydrogen) atoms. The van der Waals surface area contributed by atoms with E-state index >= 15 is 0 Å². The Morgan fingerprint density at radius 1 is 0.968 bits per heavy atom. The SMILES string of the molecule is CC(C)(C)c1ccc(S(=O)(=O)NCCC(=O)N2CCN(c3ccc(F)cc3)CC2)cc1. The summed E-state index contributed by atoms with van der Waals surface area (Å²) in [6.45, 7) is 8.68. The fourth-order valence-electron chi connectivity index (χ4n) is 3.53. The average Bonchev–Trinajstić information content (AvgIpc) is 2.74. The van der Waals surface area contributed by atoms with E-state index < -0.39 is 10.0 Å². The number of carbonyl (C=O) groups is 1. The van der Waals surface area contributed by atoms with Crippen LogP contribution in [0.25, 0.3) is 0 Å². The highest BCUT2D eigenvalue weighted by Crippen LogP contribution is 2.23. The van der Waals surface area contributed by atoms with E-state index in [9.17, 15) is 17.6 Å². The number of carbonyl (C=O) groups excluding carboxylic acids is 1. The molecule has 0 radical (unpaired) electrons. The van der Waals surface area contributed by atoms with Crippen LogP contribution in [0.2, 0.25) is 0 Å². The van der Waals surface area contributed by atoms with Crippen molar-refractivity contribution in [3.05, 3.63) is 59.9 Å². The monoisotopic (exact) mass is 447 g/mol. The Hall–Kier alpha value is -2.45. The minimum absolute atomic E-state index is 0.0527. The van der Waals surface area contributed by atoms with Gasteiger partial charge in [-0.2, -0.15) is 0 Å². The van der Waals surface area contributed by atoms with Gasteiger partial charge in [-0.05, 0) is 47.4 Å². The second-order valence-electron chi connectivity index (χ2n) is 8.77. The maximum absolute atomic E-state index is 13.1. The first-order valence-electron chi connectivity index (χ1n) is 10.4. The Bertz CT molecular complexity index is 992. The zero-order valence-corrected chi connectivity index (χ0v) is 19.1. The molecule has 0 bridgehead atoms. The zero-order chi connectivity index (χ0) is 22.6. The molecule has 6 nitrogen and oxygen atoms in total. The molecule has 2 aromatic rings. The lowest BCUT2D eigenvalue weighted by atomic mass is 9.87. The van der Waals surface area contributed by atoms with Crippen LogP contribution in [0.4, 0.5) is 10.1 Å². The van der Waals surface area contributed by atoms with Gasteiger partial charge in [0, 0.05) is 44.8 Å². The topological polar surface area (TPSA) is 69.7 Å². The lowest BCUT2D eigenvalue weighted by Crippen LogP contribution is -2.49. The van der Waals surface area contributed by atoms with Crippen molar-refractivity contribution in [2.45, 2.75) is 37.5 Å². The number of hydrogen-bond acceptors (Lipinski definition) is 4. The number of amides is 1. The van der Waals surface area contributed by atoms with Crippen LogP contribution in [0, 0.1) is 5.82 Å². The predicted molar refractivity (Wildman–Crippen MR) is 120 cm³/mol. The van der Waals surface area contributed by atoms with Crippen molar-refractivity contribution in [2.24, 2.45) is 0 Å². The van der Waals surface area contributed by atoms with Crippen LogP contribution in [0.15, 0.2) is 53.4 Å². The van der Waals surface area contributed by atoms with Gasteiger partial charge in [-0.1, -0.05) is 32.9 Å². The molecule has 1 amide bonds. The van der Waals surface area contributed by atoms with Gasteiger partial charge in [-0.25, -0.2) is 17.5 Å². The average molecular weight is 448 g/mol. The summed E-state index contributed by atoms with van der Waals surface area (Å²) in [5.41, 5.74) is 1.93. The molecule has 0 atom stereocenters. The van der Waals surface area contributed by atoms with Crippen LogP contribution < -0.4 is 9.62 Å². The largest absolute Gasteiger partial charge is 0.368 e. The number of sulfonamides is 1. The summed E-state index contributed by atoms with van der Waals surface area (Å²) in [5.74, 6) is -0.352. The molecule has 3 rings (SSSR count). The fraction of sp³-hybridized carbons (Fsp3) is 0.435. The lowest BCUT2D eigenvalue weighted by molar-refractivity contribution is -0.131. The molecule has 0 unspecified atom stereocenters. The molecule has 1 N–H and O–H groups in total.